The summed E-state index contributed by atoms with van der Waals surface area (Å²) in [5, 5.41) is 32.0. The third-order valence-electron chi connectivity index (χ3n) is 3.03. The summed E-state index contributed by atoms with van der Waals surface area (Å²) in [6.07, 6.45) is -3.38. The van der Waals surface area contributed by atoms with Crippen LogP contribution in [0.25, 0.3) is 10.4 Å². The Bertz CT molecular complexity index is 483. The van der Waals surface area contributed by atoms with Crippen LogP contribution in [0.1, 0.15) is 0 Å². The zero-order valence-electron chi connectivity index (χ0n) is 10.5. The quantitative estimate of drug-likeness (QED) is 0.285. The van der Waals surface area contributed by atoms with Gasteiger partial charge in [-0.2, -0.15) is 0 Å². The van der Waals surface area contributed by atoms with Crippen molar-refractivity contribution in [3.63, 3.8) is 0 Å². The van der Waals surface area contributed by atoms with Crippen LogP contribution in [0.15, 0.2) is 35.4 Å². The Kier molecular flexibility index (Phi) is 5.39. The van der Waals surface area contributed by atoms with Gasteiger partial charge in [-0.25, -0.2) is 0 Å². The molecule has 1 aliphatic heterocycles. The zero-order chi connectivity index (χ0) is 14.5. The van der Waals surface area contributed by atoms with Crippen molar-refractivity contribution in [3.05, 3.63) is 40.8 Å². The van der Waals surface area contributed by atoms with Gasteiger partial charge in [-0.3, -0.25) is 0 Å². The molecule has 3 N–H and O–H groups in total. The van der Waals surface area contributed by atoms with Gasteiger partial charge in [0.05, 0.1) is 0 Å². The van der Waals surface area contributed by atoms with E-state index in [1.54, 1.807) is 0 Å². The molecule has 7 nitrogen and oxygen atoms in total. The van der Waals surface area contributed by atoms with Gasteiger partial charge in [0, 0.05) is 0 Å². The standard InChI is InChI=1S/C12H15N3O4Se/c13-15-14-9-11(18)10(17)8(6-16)19-12(9)20-7-4-2-1-3-5-7/h1-5,8-12,16-18H,6H2/t8-,9+,10-,11-,12-/m1/s1. The fourth-order valence-electron chi connectivity index (χ4n) is 1.98. The fraction of sp³-hybridized carbons (Fsp3) is 0.500. The molecule has 108 valence electrons. The number of rotatable bonds is 4. The molecule has 0 aliphatic carbocycles. The summed E-state index contributed by atoms with van der Waals surface area (Å²) in [5.74, 6) is 0. The fourth-order valence-corrected chi connectivity index (χ4v) is 4.36. The molecule has 0 amide bonds. The van der Waals surface area contributed by atoms with Gasteiger partial charge in [0.25, 0.3) is 0 Å². The molecule has 0 aromatic heterocycles. The van der Waals surface area contributed by atoms with E-state index in [-0.39, 0.29) is 15.0 Å². The van der Waals surface area contributed by atoms with E-state index in [1.165, 1.54) is 0 Å². The zero-order valence-corrected chi connectivity index (χ0v) is 12.2. The molecule has 20 heavy (non-hydrogen) atoms. The second kappa shape index (κ2) is 7.06. The third kappa shape index (κ3) is 3.31. The summed E-state index contributed by atoms with van der Waals surface area (Å²) >= 11 is -0.214. The van der Waals surface area contributed by atoms with E-state index < -0.39 is 36.0 Å². The van der Waals surface area contributed by atoms with Gasteiger partial charge in [-0.1, -0.05) is 0 Å². The maximum atomic E-state index is 10.0. The maximum absolute atomic E-state index is 10.0. The number of hydrogen-bond donors (Lipinski definition) is 3. The molecular formula is C12H15N3O4Se. The van der Waals surface area contributed by atoms with E-state index in [2.05, 4.69) is 10.0 Å². The molecule has 0 unspecified atom stereocenters. The van der Waals surface area contributed by atoms with E-state index in [0.717, 1.165) is 4.46 Å². The summed E-state index contributed by atoms with van der Waals surface area (Å²) in [4.78, 5) is 2.71. The summed E-state index contributed by atoms with van der Waals surface area (Å²) in [6, 6.07) is 8.64. The van der Waals surface area contributed by atoms with E-state index in [0.29, 0.717) is 0 Å². The van der Waals surface area contributed by atoms with E-state index in [9.17, 15) is 15.3 Å². The second-order valence-electron chi connectivity index (χ2n) is 4.33. The van der Waals surface area contributed by atoms with Crippen LogP contribution in [0.2, 0.25) is 0 Å². The van der Waals surface area contributed by atoms with E-state index in [4.69, 9.17) is 10.3 Å². The summed E-state index contributed by atoms with van der Waals surface area (Å²) in [6.45, 7) is -0.400. The molecule has 1 saturated heterocycles. The molecule has 1 aromatic rings. The Balaban J connectivity index is 2.20. The minimum absolute atomic E-state index is 0.214. The molecule has 0 bridgehead atoms. The predicted molar refractivity (Wildman–Crippen MR) is 72.5 cm³/mol. The second-order valence-corrected chi connectivity index (χ2v) is 6.79. The van der Waals surface area contributed by atoms with Gasteiger partial charge in [-0.15, -0.1) is 0 Å². The van der Waals surface area contributed by atoms with Crippen LogP contribution in [0.5, 0.6) is 0 Å². The molecular weight excluding hydrogens is 329 g/mol. The van der Waals surface area contributed by atoms with Crippen molar-refractivity contribution < 1.29 is 20.1 Å². The number of hydrogen-bond acceptors (Lipinski definition) is 5. The summed E-state index contributed by atoms with van der Waals surface area (Å²) in [5.41, 5.74) is 8.60. The summed E-state index contributed by atoms with van der Waals surface area (Å²) < 4.78 is 6.61. The molecule has 5 atom stereocenters. The minimum atomic E-state index is -1.27. The van der Waals surface area contributed by atoms with Crippen LogP contribution in [-0.2, 0) is 4.74 Å². The Morgan fingerprint density at radius 3 is 2.55 bits per heavy atom. The third-order valence-corrected chi connectivity index (χ3v) is 5.48. The van der Waals surface area contributed by atoms with Gasteiger partial charge < -0.3 is 0 Å². The number of ether oxygens (including phenoxy) is 1. The topological polar surface area (TPSA) is 119 Å². The van der Waals surface area contributed by atoms with Crippen molar-refractivity contribution in [1.82, 2.24) is 0 Å². The molecule has 1 heterocycles. The number of benzene rings is 1. The first-order chi connectivity index (χ1) is 9.67. The molecule has 0 spiro atoms. The van der Waals surface area contributed by atoms with Gasteiger partial charge in [0.2, 0.25) is 0 Å². The van der Waals surface area contributed by atoms with Crippen molar-refractivity contribution >= 4 is 19.4 Å². The Hall–Kier alpha value is -1.11. The number of nitrogens with zero attached hydrogens (tertiary/aromatic N) is 3. The van der Waals surface area contributed by atoms with Crippen molar-refractivity contribution in [1.29, 1.82) is 0 Å². The summed E-state index contributed by atoms with van der Waals surface area (Å²) in [7, 11) is 0. The molecule has 1 fully saturated rings. The van der Waals surface area contributed by atoms with Crippen molar-refractivity contribution in [2.75, 3.05) is 6.61 Å². The molecule has 0 radical (unpaired) electrons. The van der Waals surface area contributed by atoms with E-state index >= 15 is 0 Å². The van der Waals surface area contributed by atoms with Crippen LogP contribution in [0.3, 0.4) is 0 Å². The van der Waals surface area contributed by atoms with Crippen LogP contribution in [0.4, 0.5) is 0 Å². The molecule has 1 aromatic carbocycles. The Labute approximate surface area is 122 Å². The van der Waals surface area contributed by atoms with Gasteiger partial charge in [-0.05, 0) is 0 Å². The predicted octanol–water partition coefficient (Wildman–Crippen LogP) is -0.866. The average Bonchev–Trinajstić information content (AvgIpc) is 2.47. The van der Waals surface area contributed by atoms with Gasteiger partial charge >= 0.3 is 121 Å². The van der Waals surface area contributed by atoms with Crippen molar-refractivity contribution in [3.8, 4) is 0 Å². The first-order valence-corrected chi connectivity index (χ1v) is 7.90. The van der Waals surface area contributed by atoms with Crippen LogP contribution >= 0.6 is 0 Å². The molecule has 1 aliphatic rings. The van der Waals surface area contributed by atoms with Gasteiger partial charge in [0.15, 0.2) is 0 Å². The van der Waals surface area contributed by atoms with Crippen molar-refractivity contribution in [2.24, 2.45) is 5.11 Å². The SMILES string of the molecule is [N-]=[N+]=N[C@H]1[C@@H](O)[C@H](O)[C@@H](CO)O[C@@H]1[Se]c1ccccc1. The average molecular weight is 344 g/mol. The number of aliphatic hydroxyl groups excluding tert-OH is 3. The van der Waals surface area contributed by atoms with Crippen LogP contribution < -0.4 is 4.46 Å². The Morgan fingerprint density at radius 1 is 1.25 bits per heavy atom. The molecule has 0 saturated carbocycles. The monoisotopic (exact) mass is 345 g/mol. The number of aliphatic hydroxyl groups is 3. The van der Waals surface area contributed by atoms with Gasteiger partial charge in [0.1, 0.15) is 0 Å². The van der Waals surface area contributed by atoms with Crippen molar-refractivity contribution in [2.45, 2.75) is 29.4 Å². The molecule has 8 heteroatoms. The van der Waals surface area contributed by atoms with E-state index in [1.807, 2.05) is 30.3 Å². The first kappa shape index (κ1) is 15.3. The van der Waals surface area contributed by atoms with Crippen LogP contribution in [-0.4, -0.2) is 66.2 Å². The Morgan fingerprint density at radius 2 is 1.95 bits per heavy atom. The normalized spacial score (nSPS) is 33.5. The van der Waals surface area contributed by atoms with Crippen LogP contribution in [0, 0.1) is 0 Å². The molecule has 2 rings (SSSR count). The number of azide groups is 1. The first-order valence-electron chi connectivity index (χ1n) is 6.05.